The number of β-amino-alcohol motifs (C(OH)–C–C–N with tert-alkyl or cyclic N) is 1. The van der Waals surface area contributed by atoms with Gasteiger partial charge >= 0.3 is 0 Å². The number of carbonyl (C=O) groups excluding carboxylic acids is 1. The maximum Gasteiger partial charge on any atom is 0.272 e. The van der Waals surface area contributed by atoms with Gasteiger partial charge in [-0.05, 0) is 42.7 Å². The smallest absolute Gasteiger partial charge is 0.272 e. The van der Waals surface area contributed by atoms with Gasteiger partial charge in [-0.15, -0.1) is 0 Å². The minimum Gasteiger partial charge on any atom is -0.383 e. The molecule has 1 fully saturated rings. The number of benzene rings is 1. The van der Waals surface area contributed by atoms with Crippen LogP contribution in [0.5, 0.6) is 0 Å². The topological polar surface area (TPSA) is 57.8 Å². The Labute approximate surface area is 140 Å². The summed E-state index contributed by atoms with van der Waals surface area (Å²) in [5, 5.41) is 15.3. The van der Waals surface area contributed by atoms with Crippen molar-refractivity contribution in [2.75, 3.05) is 13.1 Å². The molecule has 4 rings (SSSR count). The van der Waals surface area contributed by atoms with Crippen LogP contribution in [0.1, 0.15) is 28.0 Å². The van der Waals surface area contributed by atoms with Crippen LogP contribution in [-0.4, -0.2) is 38.6 Å². The highest BCUT2D eigenvalue weighted by atomic mass is 16.3. The molecule has 0 bridgehead atoms. The first-order valence-corrected chi connectivity index (χ1v) is 8.09. The van der Waals surface area contributed by atoms with E-state index in [9.17, 15) is 9.90 Å². The van der Waals surface area contributed by atoms with E-state index in [2.05, 4.69) is 5.10 Å². The monoisotopic (exact) mass is 321 g/mol. The molecule has 3 aromatic rings. The highest BCUT2D eigenvalue weighted by Crippen LogP contribution is 2.34. The molecule has 5 nitrogen and oxygen atoms in total. The van der Waals surface area contributed by atoms with Gasteiger partial charge in [-0.25, -0.2) is 4.52 Å². The first-order chi connectivity index (χ1) is 11.6. The van der Waals surface area contributed by atoms with Crippen molar-refractivity contribution >= 4 is 11.4 Å². The highest BCUT2D eigenvalue weighted by Gasteiger charge is 2.40. The molecule has 1 aliphatic heterocycles. The third-order valence-electron chi connectivity index (χ3n) is 4.82. The van der Waals surface area contributed by atoms with Gasteiger partial charge in [0, 0.05) is 6.54 Å². The summed E-state index contributed by atoms with van der Waals surface area (Å²) in [6.45, 7) is 2.82. The van der Waals surface area contributed by atoms with Gasteiger partial charge in [-0.1, -0.05) is 30.3 Å². The highest BCUT2D eigenvalue weighted by molar-refractivity contribution is 5.93. The molecule has 0 unspecified atom stereocenters. The molecular weight excluding hydrogens is 302 g/mol. The fourth-order valence-electron chi connectivity index (χ4n) is 3.56. The minimum absolute atomic E-state index is 0.103. The SMILES string of the molecule is Cc1ccccc1[C@@]1(O)CCN(C(=O)c2cccc3ccnn23)C1. The number of aromatic nitrogens is 2. The second-order valence-corrected chi connectivity index (χ2v) is 6.40. The lowest BCUT2D eigenvalue weighted by Gasteiger charge is -2.25. The summed E-state index contributed by atoms with van der Waals surface area (Å²) in [6.07, 6.45) is 2.22. The Bertz CT molecular complexity index is 918. The van der Waals surface area contributed by atoms with Crippen LogP contribution >= 0.6 is 0 Å². The molecule has 0 radical (unpaired) electrons. The molecule has 5 heteroatoms. The quantitative estimate of drug-likeness (QED) is 0.788. The van der Waals surface area contributed by atoms with Gasteiger partial charge in [0.25, 0.3) is 5.91 Å². The fraction of sp³-hybridized carbons (Fsp3) is 0.263. The molecule has 24 heavy (non-hydrogen) atoms. The molecule has 1 saturated heterocycles. The third-order valence-corrected chi connectivity index (χ3v) is 4.82. The van der Waals surface area contributed by atoms with E-state index in [1.165, 1.54) is 0 Å². The first-order valence-electron chi connectivity index (χ1n) is 8.09. The van der Waals surface area contributed by atoms with Crippen LogP contribution in [0.2, 0.25) is 0 Å². The minimum atomic E-state index is -0.987. The normalized spacial score (nSPS) is 20.7. The van der Waals surface area contributed by atoms with Crippen molar-refractivity contribution in [3.8, 4) is 0 Å². The zero-order chi connectivity index (χ0) is 16.7. The van der Waals surface area contributed by atoms with Crippen molar-refractivity contribution in [2.45, 2.75) is 18.9 Å². The van der Waals surface area contributed by atoms with Crippen LogP contribution in [0.15, 0.2) is 54.7 Å². The number of amides is 1. The van der Waals surface area contributed by atoms with Crippen LogP contribution in [0.25, 0.3) is 5.52 Å². The number of hydrogen-bond donors (Lipinski definition) is 1. The van der Waals surface area contributed by atoms with Crippen molar-refractivity contribution < 1.29 is 9.90 Å². The average Bonchev–Trinajstić information content (AvgIpc) is 3.21. The maximum absolute atomic E-state index is 12.9. The first kappa shape index (κ1) is 14.9. The molecule has 1 aliphatic rings. The Hall–Kier alpha value is -2.66. The number of aliphatic hydroxyl groups is 1. The molecule has 122 valence electrons. The number of pyridine rings is 1. The van der Waals surface area contributed by atoms with Crippen LogP contribution in [0, 0.1) is 6.92 Å². The van der Waals surface area contributed by atoms with E-state index in [1.54, 1.807) is 21.7 Å². The lowest BCUT2D eigenvalue weighted by atomic mass is 9.89. The number of nitrogens with zero attached hydrogens (tertiary/aromatic N) is 3. The third kappa shape index (κ3) is 2.29. The second kappa shape index (κ2) is 5.46. The lowest BCUT2D eigenvalue weighted by molar-refractivity contribution is 0.0410. The molecule has 0 aliphatic carbocycles. The Morgan fingerprint density at radius 2 is 2.00 bits per heavy atom. The van der Waals surface area contributed by atoms with Gasteiger partial charge in [0.15, 0.2) is 0 Å². The number of carbonyl (C=O) groups is 1. The summed E-state index contributed by atoms with van der Waals surface area (Å²) in [4.78, 5) is 14.6. The summed E-state index contributed by atoms with van der Waals surface area (Å²) in [6, 6.07) is 15.2. The maximum atomic E-state index is 12.9. The van der Waals surface area contributed by atoms with Crippen LogP contribution in [0.4, 0.5) is 0 Å². The predicted octanol–water partition coefficient (Wildman–Crippen LogP) is 2.38. The Kier molecular flexibility index (Phi) is 3.39. The van der Waals surface area contributed by atoms with Gasteiger partial charge in [0.05, 0.1) is 18.3 Å². The molecule has 3 heterocycles. The summed E-state index contributed by atoms with van der Waals surface area (Å²) in [7, 11) is 0. The van der Waals surface area contributed by atoms with Crippen LogP contribution < -0.4 is 0 Å². The van der Waals surface area contributed by atoms with Crippen molar-refractivity contribution in [3.05, 3.63) is 71.5 Å². The van der Waals surface area contributed by atoms with E-state index >= 15 is 0 Å². The van der Waals surface area contributed by atoms with Crippen molar-refractivity contribution in [3.63, 3.8) is 0 Å². The molecule has 0 saturated carbocycles. The molecular formula is C19H19N3O2. The standard InChI is InChI=1S/C19H19N3O2/c1-14-5-2-3-7-16(14)19(24)10-12-21(13-19)18(23)17-8-4-6-15-9-11-20-22(15)17/h2-9,11,24H,10,12-13H2,1H3/t19-/m1/s1. The zero-order valence-electron chi connectivity index (χ0n) is 13.5. The summed E-state index contributed by atoms with van der Waals surface area (Å²) in [5.41, 5.74) is 2.36. The predicted molar refractivity (Wildman–Crippen MR) is 90.8 cm³/mol. The molecule has 1 atom stereocenters. The second-order valence-electron chi connectivity index (χ2n) is 6.40. The van der Waals surface area contributed by atoms with Gasteiger partial charge < -0.3 is 10.0 Å². The molecule has 2 aromatic heterocycles. The van der Waals surface area contributed by atoms with Gasteiger partial charge in [-0.2, -0.15) is 5.10 Å². The number of rotatable bonds is 2. The average molecular weight is 321 g/mol. The Balaban J connectivity index is 1.64. The van der Waals surface area contributed by atoms with Crippen LogP contribution in [-0.2, 0) is 5.60 Å². The van der Waals surface area contributed by atoms with E-state index in [-0.39, 0.29) is 5.91 Å². The number of hydrogen-bond acceptors (Lipinski definition) is 3. The number of fused-ring (bicyclic) bond motifs is 1. The molecule has 1 aromatic carbocycles. The van der Waals surface area contributed by atoms with E-state index in [0.717, 1.165) is 16.6 Å². The largest absolute Gasteiger partial charge is 0.383 e. The number of aryl methyl sites for hydroxylation is 1. The summed E-state index contributed by atoms with van der Waals surface area (Å²) in [5.74, 6) is -0.103. The zero-order valence-corrected chi connectivity index (χ0v) is 13.5. The van der Waals surface area contributed by atoms with Crippen molar-refractivity contribution in [2.24, 2.45) is 0 Å². The lowest BCUT2D eigenvalue weighted by Crippen LogP contribution is -2.35. The number of likely N-dealkylation sites (tertiary alicyclic amines) is 1. The molecule has 1 N–H and O–H groups in total. The van der Waals surface area contributed by atoms with Gasteiger partial charge in [-0.3, -0.25) is 4.79 Å². The Morgan fingerprint density at radius 1 is 1.17 bits per heavy atom. The van der Waals surface area contributed by atoms with E-state index < -0.39 is 5.60 Å². The van der Waals surface area contributed by atoms with Crippen molar-refractivity contribution in [1.29, 1.82) is 0 Å². The van der Waals surface area contributed by atoms with E-state index in [4.69, 9.17) is 0 Å². The van der Waals surface area contributed by atoms with Gasteiger partial charge in [0.2, 0.25) is 0 Å². The van der Waals surface area contributed by atoms with E-state index in [1.807, 2.05) is 49.4 Å². The summed E-state index contributed by atoms with van der Waals surface area (Å²) < 4.78 is 1.65. The van der Waals surface area contributed by atoms with Gasteiger partial charge in [0.1, 0.15) is 11.3 Å². The molecule has 0 spiro atoms. The van der Waals surface area contributed by atoms with Crippen LogP contribution in [0.3, 0.4) is 0 Å². The van der Waals surface area contributed by atoms with Crippen molar-refractivity contribution in [1.82, 2.24) is 14.5 Å². The Morgan fingerprint density at radius 3 is 2.83 bits per heavy atom. The summed E-state index contributed by atoms with van der Waals surface area (Å²) >= 11 is 0. The fourth-order valence-corrected chi connectivity index (χ4v) is 3.56. The van der Waals surface area contributed by atoms with E-state index in [0.29, 0.717) is 25.2 Å². The molecule has 1 amide bonds.